The second kappa shape index (κ2) is 3.85. The Bertz CT molecular complexity index is 147. The number of piperidine rings is 1. The summed E-state index contributed by atoms with van der Waals surface area (Å²) in [5.41, 5.74) is 1.10. The van der Waals surface area contributed by atoms with Crippen LogP contribution >= 0.6 is 0 Å². The van der Waals surface area contributed by atoms with E-state index >= 15 is 0 Å². The van der Waals surface area contributed by atoms with E-state index in [9.17, 15) is 0 Å². The van der Waals surface area contributed by atoms with Crippen LogP contribution in [0.3, 0.4) is 0 Å². The van der Waals surface area contributed by atoms with Crippen molar-refractivity contribution in [2.45, 2.75) is 25.3 Å². The van der Waals surface area contributed by atoms with Crippen LogP contribution in [0.5, 0.6) is 0 Å². The average Bonchev–Trinajstić information content (AvgIpc) is 2.05. The van der Waals surface area contributed by atoms with Crippen LogP contribution in [-0.4, -0.2) is 26.7 Å². The summed E-state index contributed by atoms with van der Waals surface area (Å²) in [6.45, 7) is 3.89. The lowest BCUT2D eigenvalue weighted by molar-refractivity contribution is -0.0150. The Kier molecular flexibility index (Phi) is 3.05. The van der Waals surface area contributed by atoms with E-state index in [0.717, 1.165) is 18.4 Å². The molecular weight excluding hydrogens is 142 g/mol. The molecule has 0 aliphatic carbocycles. The van der Waals surface area contributed by atoms with Crippen LogP contribution in [-0.2, 0) is 9.47 Å². The molecule has 1 aliphatic rings. The van der Waals surface area contributed by atoms with Gasteiger partial charge in [0.15, 0.2) is 0 Å². The fourth-order valence-corrected chi connectivity index (χ4v) is 1.24. The fourth-order valence-electron chi connectivity index (χ4n) is 1.24. The van der Waals surface area contributed by atoms with Crippen molar-refractivity contribution in [3.05, 3.63) is 12.2 Å². The maximum atomic E-state index is 5.14. The maximum Gasteiger partial charge on any atom is 0.131 e. The van der Waals surface area contributed by atoms with Crippen molar-refractivity contribution in [3.63, 3.8) is 0 Å². The normalized spacial score (nSPS) is 32.4. The molecule has 64 valence electrons. The molecule has 2 unspecified atom stereocenters. The van der Waals surface area contributed by atoms with Gasteiger partial charge in [-0.2, -0.15) is 0 Å². The second-order valence-corrected chi connectivity index (χ2v) is 2.70. The molecule has 1 aliphatic heterocycles. The van der Waals surface area contributed by atoms with Crippen LogP contribution in [0.2, 0.25) is 0 Å². The minimum Gasteiger partial charge on any atom is -0.367 e. The molecule has 0 amide bonds. The third kappa shape index (κ3) is 2.02. The smallest absolute Gasteiger partial charge is 0.131 e. The van der Waals surface area contributed by atoms with Crippen molar-refractivity contribution in [3.8, 4) is 0 Å². The third-order valence-corrected chi connectivity index (χ3v) is 1.96. The number of ether oxygens (including phenoxy) is 2. The highest BCUT2D eigenvalue weighted by molar-refractivity contribution is 5.04. The van der Waals surface area contributed by atoms with E-state index in [0.29, 0.717) is 0 Å². The van der Waals surface area contributed by atoms with Gasteiger partial charge >= 0.3 is 0 Å². The molecule has 1 rings (SSSR count). The molecule has 0 aromatic heterocycles. The van der Waals surface area contributed by atoms with E-state index < -0.39 is 0 Å². The van der Waals surface area contributed by atoms with Crippen LogP contribution in [0, 0.1) is 0 Å². The first-order valence-corrected chi connectivity index (χ1v) is 3.77. The zero-order chi connectivity index (χ0) is 8.27. The summed E-state index contributed by atoms with van der Waals surface area (Å²) in [7, 11) is 3.36. The van der Waals surface area contributed by atoms with Gasteiger partial charge in [-0.25, -0.2) is 0 Å². The van der Waals surface area contributed by atoms with E-state index in [1.807, 2.05) is 0 Å². The zero-order valence-electron chi connectivity index (χ0n) is 7.09. The Hall–Kier alpha value is -0.380. The molecule has 0 aromatic rings. The Morgan fingerprint density at radius 1 is 1.45 bits per heavy atom. The predicted molar refractivity (Wildman–Crippen MR) is 43.1 cm³/mol. The van der Waals surface area contributed by atoms with Crippen LogP contribution < -0.4 is 5.32 Å². The molecule has 1 fully saturated rings. The molecule has 3 nitrogen and oxygen atoms in total. The van der Waals surface area contributed by atoms with Gasteiger partial charge in [-0.1, -0.05) is 6.58 Å². The SMILES string of the molecule is C=C1CCC(OC)NC1OC. The molecular formula is C8H15NO2. The molecule has 1 N–H and O–H groups in total. The van der Waals surface area contributed by atoms with Crippen molar-refractivity contribution >= 4 is 0 Å². The van der Waals surface area contributed by atoms with Gasteiger partial charge in [0.1, 0.15) is 12.5 Å². The first-order chi connectivity index (χ1) is 5.27. The summed E-state index contributed by atoms with van der Waals surface area (Å²) in [5, 5.41) is 3.16. The number of rotatable bonds is 2. The second-order valence-electron chi connectivity index (χ2n) is 2.70. The number of hydrogen-bond donors (Lipinski definition) is 1. The molecule has 3 heteroatoms. The molecule has 2 atom stereocenters. The highest BCUT2D eigenvalue weighted by Crippen LogP contribution is 2.17. The lowest BCUT2D eigenvalue weighted by atomic mass is 10.1. The van der Waals surface area contributed by atoms with Crippen molar-refractivity contribution < 1.29 is 9.47 Å². The minimum atomic E-state index is -0.0336. The molecule has 1 heterocycles. The Labute approximate surface area is 67.4 Å². The molecule has 0 bridgehead atoms. The summed E-state index contributed by atoms with van der Waals surface area (Å²) in [6.07, 6.45) is 2.04. The van der Waals surface area contributed by atoms with E-state index in [4.69, 9.17) is 9.47 Å². The predicted octanol–water partition coefficient (Wildman–Crippen LogP) is 0.871. The van der Waals surface area contributed by atoms with E-state index in [1.165, 1.54) is 0 Å². The van der Waals surface area contributed by atoms with Crippen LogP contribution in [0.15, 0.2) is 12.2 Å². The van der Waals surface area contributed by atoms with E-state index in [2.05, 4.69) is 11.9 Å². The van der Waals surface area contributed by atoms with E-state index in [-0.39, 0.29) is 12.5 Å². The maximum absolute atomic E-state index is 5.14. The van der Waals surface area contributed by atoms with Crippen LogP contribution in [0.4, 0.5) is 0 Å². The Morgan fingerprint density at radius 3 is 2.73 bits per heavy atom. The van der Waals surface area contributed by atoms with Crippen molar-refractivity contribution in [2.75, 3.05) is 14.2 Å². The third-order valence-electron chi connectivity index (χ3n) is 1.96. The summed E-state index contributed by atoms with van der Waals surface area (Å²) in [5.74, 6) is 0. The first-order valence-electron chi connectivity index (χ1n) is 3.77. The molecule has 0 radical (unpaired) electrons. The highest BCUT2D eigenvalue weighted by Gasteiger charge is 2.22. The number of methoxy groups -OCH3 is 2. The van der Waals surface area contributed by atoms with Gasteiger partial charge in [0.25, 0.3) is 0 Å². The highest BCUT2D eigenvalue weighted by atomic mass is 16.5. The Balaban J connectivity index is 2.44. The number of nitrogens with one attached hydrogen (secondary N) is 1. The molecule has 1 saturated heterocycles. The van der Waals surface area contributed by atoms with Gasteiger partial charge in [0.2, 0.25) is 0 Å². The molecule has 11 heavy (non-hydrogen) atoms. The van der Waals surface area contributed by atoms with Gasteiger partial charge in [-0.05, 0) is 18.4 Å². The van der Waals surface area contributed by atoms with Crippen LogP contribution in [0.25, 0.3) is 0 Å². The lowest BCUT2D eigenvalue weighted by Gasteiger charge is -2.30. The van der Waals surface area contributed by atoms with Crippen LogP contribution in [0.1, 0.15) is 12.8 Å². The van der Waals surface area contributed by atoms with Gasteiger partial charge in [0.05, 0.1) is 0 Å². The Morgan fingerprint density at radius 2 is 2.18 bits per heavy atom. The summed E-state index contributed by atoms with van der Waals surface area (Å²) in [6, 6.07) is 0. The standard InChI is InChI=1S/C8H15NO2/c1-6-4-5-7(10-2)9-8(6)11-3/h7-9H,1,4-5H2,2-3H3. The van der Waals surface area contributed by atoms with Crippen molar-refractivity contribution in [1.82, 2.24) is 5.32 Å². The lowest BCUT2D eigenvalue weighted by Crippen LogP contribution is -2.45. The van der Waals surface area contributed by atoms with Crippen molar-refractivity contribution in [2.24, 2.45) is 0 Å². The van der Waals surface area contributed by atoms with Gasteiger partial charge in [-0.15, -0.1) is 0 Å². The quantitative estimate of drug-likeness (QED) is 0.603. The largest absolute Gasteiger partial charge is 0.367 e. The topological polar surface area (TPSA) is 30.5 Å². The zero-order valence-corrected chi connectivity index (χ0v) is 7.09. The average molecular weight is 157 g/mol. The molecule has 0 aromatic carbocycles. The number of hydrogen-bond acceptors (Lipinski definition) is 3. The van der Waals surface area contributed by atoms with Gasteiger partial charge in [0, 0.05) is 14.2 Å². The minimum absolute atomic E-state index is 0.0336. The fraction of sp³-hybridized carbons (Fsp3) is 0.750. The van der Waals surface area contributed by atoms with Gasteiger partial charge < -0.3 is 9.47 Å². The summed E-state index contributed by atoms with van der Waals surface area (Å²) >= 11 is 0. The first kappa shape index (κ1) is 8.71. The van der Waals surface area contributed by atoms with Crippen molar-refractivity contribution in [1.29, 1.82) is 0 Å². The summed E-state index contributed by atoms with van der Waals surface area (Å²) in [4.78, 5) is 0. The van der Waals surface area contributed by atoms with Gasteiger partial charge in [-0.3, -0.25) is 5.32 Å². The summed E-state index contributed by atoms with van der Waals surface area (Å²) < 4.78 is 10.3. The molecule has 0 saturated carbocycles. The monoisotopic (exact) mass is 157 g/mol. The molecule has 0 spiro atoms. The van der Waals surface area contributed by atoms with E-state index in [1.54, 1.807) is 14.2 Å².